The van der Waals surface area contributed by atoms with Gasteiger partial charge in [0, 0.05) is 18.8 Å². The van der Waals surface area contributed by atoms with Crippen molar-refractivity contribution in [1.82, 2.24) is 4.98 Å². The van der Waals surface area contributed by atoms with Gasteiger partial charge in [0.05, 0.1) is 6.61 Å². The molecule has 0 aromatic carbocycles. The summed E-state index contributed by atoms with van der Waals surface area (Å²) in [5.74, 6) is 2.18. The number of fused-ring (bicyclic) bond motifs is 5. The van der Waals surface area contributed by atoms with Crippen molar-refractivity contribution in [1.29, 1.82) is 0 Å². The lowest BCUT2D eigenvalue weighted by Gasteiger charge is -2.57. The molecule has 0 aliphatic heterocycles. The van der Waals surface area contributed by atoms with Crippen molar-refractivity contribution in [3.05, 3.63) is 47.8 Å². The van der Waals surface area contributed by atoms with E-state index in [0.717, 1.165) is 37.5 Å². The first-order valence-corrected chi connectivity index (χ1v) is 12.7. The van der Waals surface area contributed by atoms with Crippen molar-refractivity contribution in [2.45, 2.75) is 71.8 Å². The zero-order chi connectivity index (χ0) is 25.2. The van der Waals surface area contributed by atoms with Crippen LogP contribution in [0.2, 0.25) is 0 Å². The molecule has 0 amide bonds. The average Bonchev–Trinajstić information content (AvgIpc) is 3.17. The number of aromatic nitrogens is 1. The van der Waals surface area contributed by atoms with E-state index in [2.05, 4.69) is 43.1 Å². The fourth-order valence-corrected chi connectivity index (χ4v) is 7.55. The first kappa shape index (κ1) is 25.3. The van der Waals surface area contributed by atoms with Crippen LogP contribution in [0.25, 0.3) is 5.57 Å². The first-order chi connectivity index (χ1) is 16.7. The van der Waals surface area contributed by atoms with Crippen LogP contribution in [-0.2, 0) is 9.47 Å². The zero-order valence-corrected chi connectivity index (χ0v) is 20.8. The molecule has 1 aromatic heterocycles. The normalized spacial score (nSPS) is 35.1. The van der Waals surface area contributed by atoms with Crippen LogP contribution in [0.5, 0.6) is 0 Å². The van der Waals surface area contributed by atoms with Crippen molar-refractivity contribution >= 4 is 17.9 Å². The molecule has 4 unspecified atom stereocenters. The molecular weight excluding hydrogens is 446 g/mol. The highest BCUT2D eigenvalue weighted by molar-refractivity contribution is 5.72. The Hall–Kier alpha value is -2.83. The standard InChI is InChI=1S/C27H35NO3.CH2O3/c1-4-30-25(29)31-20-11-13-26(2)19(16-20)7-8-21-23-10-9-22(18-6-5-15-28-17-18)27(23,3)14-12-24(21)26;2-1(3)4/h5-7,9,15,17,20-21,23-24H,4,8,10-14,16H2,1-3H3;(H2,2,3,4)/p-2/t20?,21?,23?,24?,26-,27+;/m0./s1. The molecule has 4 aliphatic rings. The molecular formula is C28H35NO6-2. The van der Waals surface area contributed by atoms with E-state index in [0.29, 0.717) is 12.5 Å². The lowest BCUT2D eigenvalue weighted by atomic mass is 9.47. The second-order valence-electron chi connectivity index (χ2n) is 10.7. The molecule has 1 aromatic rings. The molecule has 5 rings (SSSR count). The van der Waals surface area contributed by atoms with Gasteiger partial charge in [0.15, 0.2) is 0 Å². The minimum Gasteiger partial charge on any atom is -0.652 e. The predicted octanol–water partition coefficient (Wildman–Crippen LogP) is 4.13. The Morgan fingerprint density at radius 2 is 1.83 bits per heavy atom. The summed E-state index contributed by atoms with van der Waals surface area (Å²) >= 11 is 0. The van der Waals surface area contributed by atoms with E-state index in [1.54, 1.807) is 0 Å². The van der Waals surface area contributed by atoms with E-state index in [1.165, 1.54) is 36.0 Å². The highest BCUT2D eigenvalue weighted by Crippen LogP contribution is 2.66. The molecule has 2 fully saturated rings. The van der Waals surface area contributed by atoms with Gasteiger partial charge in [-0.15, -0.1) is 0 Å². The molecule has 35 heavy (non-hydrogen) atoms. The fraction of sp³-hybridized carbons (Fsp3) is 0.607. The van der Waals surface area contributed by atoms with E-state index in [9.17, 15) is 4.79 Å². The van der Waals surface area contributed by atoms with Crippen LogP contribution in [-0.4, -0.2) is 30.0 Å². The highest BCUT2D eigenvalue weighted by atomic mass is 16.7. The quantitative estimate of drug-likeness (QED) is 0.471. The number of nitrogens with zero attached hydrogens (tertiary/aromatic N) is 1. The van der Waals surface area contributed by atoms with Crippen molar-refractivity contribution in [3.63, 3.8) is 0 Å². The third-order valence-corrected chi connectivity index (χ3v) is 9.14. The Bertz CT molecular complexity index is 1000. The molecule has 7 nitrogen and oxygen atoms in total. The minimum absolute atomic E-state index is 0.0332. The summed E-state index contributed by atoms with van der Waals surface area (Å²) in [6, 6.07) is 4.29. The van der Waals surface area contributed by atoms with Gasteiger partial charge in [0.25, 0.3) is 0 Å². The summed E-state index contributed by atoms with van der Waals surface area (Å²) in [7, 11) is 0. The van der Waals surface area contributed by atoms with Crippen LogP contribution >= 0.6 is 0 Å². The molecule has 1 heterocycles. The third-order valence-electron chi connectivity index (χ3n) is 9.14. The second-order valence-corrected chi connectivity index (χ2v) is 10.7. The summed E-state index contributed by atoms with van der Waals surface area (Å²) in [6.45, 7) is 7.18. The van der Waals surface area contributed by atoms with Crippen molar-refractivity contribution in [3.8, 4) is 0 Å². The Morgan fingerprint density at radius 1 is 1.09 bits per heavy atom. The number of hydrogen-bond donors (Lipinski definition) is 0. The van der Waals surface area contributed by atoms with Gasteiger partial charge in [0.2, 0.25) is 0 Å². The van der Waals surface area contributed by atoms with Gasteiger partial charge < -0.3 is 24.5 Å². The van der Waals surface area contributed by atoms with Gasteiger partial charge in [-0.2, -0.15) is 0 Å². The maximum Gasteiger partial charge on any atom is 0.508 e. The number of allylic oxidation sites excluding steroid dienone is 3. The Balaban J connectivity index is 0.000000672. The number of hydrogen-bond acceptors (Lipinski definition) is 7. The molecule has 0 saturated heterocycles. The zero-order valence-electron chi connectivity index (χ0n) is 20.8. The van der Waals surface area contributed by atoms with Crippen LogP contribution in [0, 0.1) is 28.6 Å². The molecule has 0 spiro atoms. The van der Waals surface area contributed by atoms with Gasteiger partial charge in [-0.25, -0.2) is 4.79 Å². The average molecular weight is 482 g/mol. The van der Waals surface area contributed by atoms with Crippen molar-refractivity contribution in [2.75, 3.05) is 6.61 Å². The van der Waals surface area contributed by atoms with E-state index in [-0.39, 0.29) is 16.9 Å². The lowest BCUT2D eigenvalue weighted by Crippen LogP contribution is -2.50. The second kappa shape index (κ2) is 10.0. The van der Waals surface area contributed by atoms with Crippen molar-refractivity contribution < 1.29 is 29.3 Å². The number of carboxylic acid groups (broad SMARTS) is 2. The third kappa shape index (κ3) is 4.82. The monoisotopic (exact) mass is 481 g/mol. The largest absolute Gasteiger partial charge is 0.652 e. The number of carbonyl (C=O) groups is 2. The van der Waals surface area contributed by atoms with Gasteiger partial charge in [-0.05, 0) is 97.4 Å². The van der Waals surface area contributed by atoms with E-state index < -0.39 is 12.3 Å². The Labute approximate surface area is 207 Å². The molecule has 0 bridgehead atoms. The van der Waals surface area contributed by atoms with E-state index >= 15 is 0 Å². The summed E-state index contributed by atoms with van der Waals surface area (Å²) in [5.41, 5.74) is 4.86. The molecule has 0 N–H and O–H groups in total. The molecule has 190 valence electrons. The van der Waals surface area contributed by atoms with Crippen LogP contribution in [0.15, 0.2) is 42.3 Å². The minimum atomic E-state index is -2.33. The van der Waals surface area contributed by atoms with Crippen LogP contribution < -0.4 is 10.2 Å². The number of ether oxygens (including phenoxy) is 2. The van der Waals surface area contributed by atoms with E-state index in [1.807, 2.05) is 19.3 Å². The molecule has 0 radical (unpaired) electrons. The van der Waals surface area contributed by atoms with Gasteiger partial charge in [-0.1, -0.05) is 37.6 Å². The van der Waals surface area contributed by atoms with E-state index in [4.69, 9.17) is 24.5 Å². The lowest BCUT2D eigenvalue weighted by molar-refractivity contribution is -0.415. The summed E-state index contributed by atoms with van der Waals surface area (Å²) in [5, 5.41) is 16.7. The maximum atomic E-state index is 11.8. The molecule has 2 saturated carbocycles. The van der Waals surface area contributed by atoms with Gasteiger partial charge >= 0.3 is 6.16 Å². The predicted molar refractivity (Wildman–Crippen MR) is 127 cm³/mol. The summed E-state index contributed by atoms with van der Waals surface area (Å²) in [6.07, 6.45) is 13.9. The summed E-state index contributed by atoms with van der Waals surface area (Å²) in [4.78, 5) is 24.5. The molecule has 4 aliphatic carbocycles. The van der Waals surface area contributed by atoms with Crippen LogP contribution in [0.4, 0.5) is 9.59 Å². The first-order valence-electron chi connectivity index (χ1n) is 12.7. The van der Waals surface area contributed by atoms with Gasteiger partial charge in [-0.3, -0.25) is 4.98 Å². The van der Waals surface area contributed by atoms with Crippen LogP contribution in [0.3, 0.4) is 0 Å². The maximum absolute atomic E-state index is 11.8. The fourth-order valence-electron chi connectivity index (χ4n) is 7.55. The Morgan fingerprint density at radius 3 is 2.51 bits per heavy atom. The SMILES string of the molecule is CCOC(=O)OC1CC[C@@]2(C)C(=CCC3C2CC[C@]2(C)C(c4cccnc4)=CCC32)C1.O=C([O-])[O-]. The Kier molecular flexibility index (Phi) is 7.25. The smallest absolute Gasteiger partial charge is 0.508 e. The summed E-state index contributed by atoms with van der Waals surface area (Å²) < 4.78 is 10.6. The number of rotatable bonds is 3. The van der Waals surface area contributed by atoms with Crippen LogP contribution in [0.1, 0.15) is 71.3 Å². The number of pyridine rings is 1. The molecule has 6 atom stereocenters. The topological polar surface area (TPSA) is 112 Å². The van der Waals surface area contributed by atoms with Crippen molar-refractivity contribution in [2.24, 2.45) is 28.6 Å². The number of carbonyl (C=O) groups excluding carboxylic acids is 2. The van der Waals surface area contributed by atoms with Gasteiger partial charge in [0.1, 0.15) is 6.10 Å². The highest BCUT2D eigenvalue weighted by Gasteiger charge is 2.57. The molecule has 7 heteroatoms.